The van der Waals surface area contributed by atoms with Crippen molar-refractivity contribution < 1.29 is 4.79 Å². The lowest BCUT2D eigenvalue weighted by molar-refractivity contribution is -0.113. The highest BCUT2D eigenvalue weighted by Gasteiger charge is 2.17. The highest BCUT2D eigenvalue weighted by molar-refractivity contribution is 7.99. The number of amides is 1. The van der Waals surface area contributed by atoms with E-state index in [0.29, 0.717) is 20.9 Å². The molecule has 0 atom stereocenters. The molecule has 1 aromatic heterocycles. The molecule has 0 saturated heterocycles. The normalized spacial score (nSPS) is 10.8. The van der Waals surface area contributed by atoms with Gasteiger partial charge in [0.25, 0.3) is 0 Å². The molecule has 5 nitrogen and oxygen atoms in total. The highest BCUT2D eigenvalue weighted by Crippen LogP contribution is 2.29. The molecule has 3 aromatic carbocycles. The number of rotatable bonds is 6. The van der Waals surface area contributed by atoms with Gasteiger partial charge in [0, 0.05) is 27.0 Å². The maximum absolute atomic E-state index is 12.5. The smallest absolute Gasteiger partial charge is 0.234 e. The predicted molar refractivity (Wildman–Crippen MR) is 127 cm³/mol. The van der Waals surface area contributed by atoms with Gasteiger partial charge in [-0.05, 0) is 42.8 Å². The van der Waals surface area contributed by atoms with E-state index in [2.05, 4.69) is 21.6 Å². The predicted octanol–water partition coefficient (Wildman–Crippen LogP) is 6.28. The van der Waals surface area contributed by atoms with Crippen molar-refractivity contribution in [3.63, 3.8) is 0 Å². The van der Waals surface area contributed by atoms with Gasteiger partial charge in [0.2, 0.25) is 5.91 Å². The van der Waals surface area contributed by atoms with Crippen LogP contribution in [0.25, 0.3) is 17.1 Å². The largest absolute Gasteiger partial charge is 0.325 e. The first kappa shape index (κ1) is 21.4. The number of carbonyl (C=O) groups excluding carboxylic acids is 1. The van der Waals surface area contributed by atoms with Gasteiger partial charge < -0.3 is 5.32 Å². The number of anilines is 1. The van der Waals surface area contributed by atoms with Crippen molar-refractivity contribution >= 4 is 46.6 Å². The zero-order valence-corrected chi connectivity index (χ0v) is 18.9. The van der Waals surface area contributed by atoms with Gasteiger partial charge in [0.05, 0.1) is 5.75 Å². The Balaban J connectivity index is 1.59. The third kappa shape index (κ3) is 5.28. The number of nitrogens with one attached hydrogen (secondary N) is 1. The Morgan fingerprint density at radius 2 is 1.71 bits per heavy atom. The lowest BCUT2D eigenvalue weighted by Crippen LogP contribution is -2.14. The fraction of sp³-hybridized carbons (Fsp3) is 0.0870. The zero-order valence-electron chi connectivity index (χ0n) is 16.5. The summed E-state index contributed by atoms with van der Waals surface area (Å²) in [6.07, 6.45) is 0. The van der Waals surface area contributed by atoms with Crippen LogP contribution < -0.4 is 5.32 Å². The van der Waals surface area contributed by atoms with Crippen LogP contribution in [0.2, 0.25) is 10.0 Å². The minimum Gasteiger partial charge on any atom is -0.325 e. The first-order chi connectivity index (χ1) is 15.0. The third-order valence-corrected chi connectivity index (χ3v) is 5.77. The van der Waals surface area contributed by atoms with E-state index in [4.69, 9.17) is 23.2 Å². The summed E-state index contributed by atoms with van der Waals surface area (Å²) in [4.78, 5) is 12.5. The third-order valence-electron chi connectivity index (χ3n) is 4.40. The van der Waals surface area contributed by atoms with Gasteiger partial charge in [0.15, 0.2) is 11.0 Å². The van der Waals surface area contributed by atoms with Crippen molar-refractivity contribution in [2.75, 3.05) is 11.1 Å². The number of benzene rings is 3. The molecule has 0 unspecified atom stereocenters. The number of aryl methyl sites for hydroxylation is 1. The maximum atomic E-state index is 12.5. The minimum absolute atomic E-state index is 0.156. The molecule has 0 saturated carbocycles. The SMILES string of the molecule is Cc1cccc(-n2c(SCC(=O)Nc3cc(Cl)cc(Cl)c3)nnc2-c2ccccc2)c1. The van der Waals surface area contributed by atoms with Crippen molar-refractivity contribution in [2.24, 2.45) is 0 Å². The lowest BCUT2D eigenvalue weighted by atomic mass is 10.2. The fourth-order valence-corrected chi connectivity index (χ4v) is 4.37. The molecule has 0 fully saturated rings. The van der Waals surface area contributed by atoms with Gasteiger partial charge in [0.1, 0.15) is 0 Å². The summed E-state index contributed by atoms with van der Waals surface area (Å²) in [7, 11) is 0. The number of thioether (sulfide) groups is 1. The molecule has 4 rings (SSSR count). The molecule has 0 aliphatic heterocycles. The summed E-state index contributed by atoms with van der Waals surface area (Å²) in [5, 5.41) is 13.1. The summed E-state index contributed by atoms with van der Waals surface area (Å²) < 4.78 is 1.97. The molecule has 31 heavy (non-hydrogen) atoms. The Hall–Kier alpha value is -2.80. The number of hydrogen-bond donors (Lipinski definition) is 1. The molecule has 0 aliphatic rings. The van der Waals surface area contributed by atoms with Gasteiger partial charge in [-0.25, -0.2) is 0 Å². The zero-order chi connectivity index (χ0) is 21.8. The summed E-state index contributed by atoms with van der Waals surface area (Å²) in [5.41, 5.74) is 3.56. The van der Waals surface area contributed by atoms with E-state index in [1.54, 1.807) is 18.2 Å². The van der Waals surface area contributed by atoms with Crippen molar-refractivity contribution in [3.8, 4) is 17.1 Å². The maximum Gasteiger partial charge on any atom is 0.234 e. The first-order valence-electron chi connectivity index (χ1n) is 9.46. The van der Waals surface area contributed by atoms with Gasteiger partial charge in [-0.15, -0.1) is 10.2 Å². The van der Waals surface area contributed by atoms with Crippen molar-refractivity contribution in [1.82, 2.24) is 14.8 Å². The van der Waals surface area contributed by atoms with Crippen molar-refractivity contribution in [3.05, 3.63) is 88.4 Å². The Bertz CT molecular complexity index is 1210. The molecular weight excluding hydrogens is 451 g/mol. The van der Waals surface area contributed by atoms with Crippen LogP contribution in [0.5, 0.6) is 0 Å². The Morgan fingerprint density at radius 1 is 0.968 bits per heavy atom. The molecule has 0 aliphatic carbocycles. The molecule has 1 heterocycles. The lowest BCUT2D eigenvalue weighted by Gasteiger charge is -2.11. The topological polar surface area (TPSA) is 59.8 Å². The molecule has 8 heteroatoms. The Labute approximate surface area is 194 Å². The van der Waals surface area contributed by atoms with E-state index < -0.39 is 0 Å². The first-order valence-corrected chi connectivity index (χ1v) is 11.2. The number of halogens is 2. The van der Waals surface area contributed by atoms with Crippen LogP contribution in [0.4, 0.5) is 5.69 Å². The molecular formula is C23H18Cl2N4OS. The highest BCUT2D eigenvalue weighted by atomic mass is 35.5. The van der Waals surface area contributed by atoms with Crippen LogP contribution in [-0.2, 0) is 4.79 Å². The van der Waals surface area contributed by atoms with E-state index in [1.807, 2.05) is 60.0 Å². The van der Waals surface area contributed by atoms with Crippen LogP contribution in [0.3, 0.4) is 0 Å². The van der Waals surface area contributed by atoms with Crippen molar-refractivity contribution in [2.45, 2.75) is 12.1 Å². The van der Waals surface area contributed by atoms with Crippen molar-refractivity contribution in [1.29, 1.82) is 0 Å². The molecule has 1 amide bonds. The Morgan fingerprint density at radius 3 is 2.42 bits per heavy atom. The van der Waals surface area contributed by atoms with Gasteiger partial charge in [-0.3, -0.25) is 9.36 Å². The molecule has 4 aromatic rings. The average Bonchev–Trinajstić information content (AvgIpc) is 3.16. The van der Waals surface area contributed by atoms with Crippen LogP contribution in [0.15, 0.2) is 78.0 Å². The summed E-state index contributed by atoms with van der Waals surface area (Å²) in [5.74, 6) is 0.683. The van der Waals surface area contributed by atoms with E-state index in [-0.39, 0.29) is 11.7 Å². The van der Waals surface area contributed by atoms with E-state index in [1.165, 1.54) is 11.8 Å². The number of nitrogens with zero attached hydrogens (tertiary/aromatic N) is 3. The van der Waals surface area contributed by atoms with E-state index in [0.717, 1.165) is 22.6 Å². The van der Waals surface area contributed by atoms with Gasteiger partial charge in [-0.1, -0.05) is 77.4 Å². The number of carbonyl (C=O) groups is 1. The molecule has 156 valence electrons. The monoisotopic (exact) mass is 468 g/mol. The molecule has 1 N–H and O–H groups in total. The van der Waals surface area contributed by atoms with Gasteiger partial charge in [-0.2, -0.15) is 0 Å². The number of aromatic nitrogens is 3. The second-order valence-corrected chi connectivity index (χ2v) is 8.66. The standard InChI is InChI=1S/C23H18Cl2N4OS/c1-15-6-5-9-20(10-15)29-22(16-7-3-2-4-8-16)27-28-23(29)31-14-21(30)26-19-12-17(24)11-18(25)13-19/h2-13H,14H2,1H3,(H,26,30). The van der Waals surface area contributed by atoms with E-state index >= 15 is 0 Å². The quantitative estimate of drug-likeness (QED) is 0.338. The summed E-state index contributed by atoms with van der Waals surface area (Å²) >= 11 is 13.3. The second-order valence-electron chi connectivity index (χ2n) is 6.84. The number of hydrogen-bond acceptors (Lipinski definition) is 4. The molecule has 0 spiro atoms. The van der Waals surface area contributed by atoms with E-state index in [9.17, 15) is 4.79 Å². The molecule has 0 radical (unpaired) electrons. The summed E-state index contributed by atoms with van der Waals surface area (Å²) in [6, 6.07) is 22.9. The average molecular weight is 469 g/mol. The van der Waals surface area contributed by atoms with Crippen LogP contribution in [0.1, 0.15) is 5.56 Å². The summed E-state index contributed by atoms with van der Waals surface area (Å²) in [6.45, 7) is 2.03. The van der Waals surface area contributed by atoms with Crippen LogP contribution in [-0.4, -0.2) is 26.4 Å². The second kappa shape index (κ2) is 9.56. The van der Waals surface area contributed by atoms with Crippen LogP contribution >= 0.6 is 35.0 Å². The minimum atomic E-state index is -0.191. The Kier molecular flexibility index (Phi) is 6.61. The van der Waals surface area contributed by atoms with Crippen LogP contribution in [0, 0.1) is 6.92 Å². The fourth-order valence-electron chi connectivity index (χ4n) is 3.09. The molecule has 0 bridgehead atoms. The van der Waals surface area contributed by atoms with Gasteiger partial charge >= 0.3 is 0 Å².